The van der Waals surface area contributed by atoms with E-state index in [0.29, 0.717) is 0 Å². The standard InChI is InChI=1S/C23H26N2OS2/c1-17-6-10-20(11-7-17)24-23(27)25(18(2)15-22-5-4-14-28-22)16-19-8-12-21(26-3)13-9-19/h4-14,18H,15-16H2,1-3H3,(H,24,27)/t18-/m0/s1. The molecule has 0 aliphatic carbocycles. The molecule has 1 heterocycles. The second-order valence-electron chi connectivity index (χ2n) is 6.90. The molecule has 0 saturated heterocycles. The highest BCUT2D eigenvalue weighted by Gasteiger charge is 2.19. The maximum atomic E-state index is 5.80. The van der Waals surface area contributed by atoms with E-state index in [1.165, 1.54) is 16.0 Å². The molecule has 3 nitrogen and oxygen atoms in total. The number of methoxy groups -OCH3 is 1. The van der Waals surface area contributed by atoms with Crippen molar-refractivity contribution < 1.29 is 4.74 Å². The van der Waals surface area contributed by atoms with Crippen molar-refractivity contribution in [2.45, 2.75) is 32.9 Å². The fraction of sp³-hybridized carbons (Fsp3) is 0.261. The van der Waals surface area contributed by atoms with E-state index in [9.17, 15) is 0 Å². The van der Waals surface area contributed by atoms with Gasteiger partial charge in [0.05, 0.1) is 7.11 Å². The van der Waals surface area contributed by atoms with E-state index >= 15 is 0 Å². The van der Waals surface area contributed by atoms with Gasteiger partial charge in [0, 0.05) is 29.6 Å². The number of thiophene rings is 1. The number of anilines is 1. The maximum absolute atomic E-state index is 5.80. The van der Waals surface area contributed by atoms with Crippen molar-refractivity contribution in [1.82, 2.24) is 4.90 Å². The van der Waals surface area contributed by atoms with Crippen molar-refractivity contribution in [3.8, 4) is 5.75 Å². The quantitative estimate of drug-likeness (QED) is 0.491. The van der Waals surface area contributed by atoms with Gasteiger partial charge in [-0.25, -0.2) is 0 Å². The molecule has 3 aromatic rings. The Labute approximate surface area is 177 Å². The van der Waals surface area contributed by atoms with E-state index < -0.39 is 0 Å². The minimum atomic E-state index is 0.270. The Kier molecular flexibility index (Phi) is 7.06. The molecule has 1 N–H and O–H groups in total. The molecule has 0 spiro atoms. The van der Waals surface area contributed by atoms with Crippen molar-refractivity contribution in [2.24, 2.45) is 0 Å². The lowest BCUT2D eigenvalue weighted by atomic mass is 10.1. The molecule has 146 valence electrons. The zero-order valence-corrected chi connectivity index (χ0v) is 18.1. The number of rotatable bonds is 7. The lowest BCUT2D eigenvalue weighted by Gasteiger charge is -2.32. The third kappa shape index (κ3) is 5.57. The number of aryl methyl sites for hydroxylation is 1. The first-order chi connectivity index (χ1) is 13.5. The first-order valence-corrected chi connectivity index (χ1v) is 10.6. The van der Waals surface area contributed by atoms with Crippen LogP contribution in [0.3, 0.4) is 0 Å². The Balaban J connectivity index is 1.77. The molecule has 0 fully saturated rings. The van der Waals surface area contributed by atoms with Gasteiger partial charge < -0.3 is 15.0 Å². The second-order valence-corrected chi connectivity index (χ2v) is 8.32. The van der Waals surface area contributed by atoms with Crippen molar-refractivity contribution in [3.63, 3.8) is 0 Å². The minimum Gasteiger partial charge on any atom is -0.497 e. The smallest absolute Gasteiger partial charge is 0.173 e. The highest BCUT2D eigenvalue weighted by molar-refractivity contribution is 7.80. The van der Waals surface area contributed by atoms with Crippen LogP contribution >= 0.6 is 23.6 Å². The summed E-state index contributed by atoms with van der Waals surface area (Å²) in [4.78, 5) is 3.63. The van der Waals surface area contributed by atoms with Crippen LogP contribution in [0.1, 0.15) is 22.9 Å². The largest absolute Gasteiger partial charge is 0.497 e. The Morgan fingerprint density at radius 2 is 1.82 bits per heavy atom. The van der Waals surface area contributed by atoms with Gasteiger partial charge in [0.2, 0.25) is 0 Å². The van der Waals surface area contributed by atoms with E-state index in [2.05, 4.69) is 78.0 Å². The summed E-state index contributed by atoms with van der Waals surface area (Å²) in [6.45, 7) is 5.06. The fourth-order valence-corrected chi connectivity index (χ4v) is 4.21. The average molecular weight is 411 g/mol. The summed E-state index contributed by atoms with van der Waals surface area (Å²) < 4.78 is 5.28. The number of hydrogen-bond acceptors (Lipinski definition) is 3. The Hall–Kier alpha value is -2.37. The monoisotopic (exact) mass is 410 g/mol. The van der Waals surface area contributed by atoms with Crippen LogP contribution in [0.15, 0.2) is 66.0 Å². The Morgan fingerprint density at radius 1 is 1.11 bits per heavy atom. The van der Waals surface area contributed by atoms with E-state index in [-0.39, 0.29) is 6.04 Å². The number of hydrogen-bond donors (Lipinski definition) is 1. The Bertz CT molecular complexity index is 874. The maximum Gasteiger partial charge on any atom is 0.173 e. The molecule has 0 aliphatic rings. The lowest BCUT2D eigenvalue weighted by molar-refractivity contribution is 0.326. The van der Waals surface area contributed by atoms with Gasteiger partial charge in [0.15, 0.2) is 5.11 Å². The topological polar surface area (TPSA) is 24.5 Å². The normalized spacial score (nSPS) is 11.7. The van der Waals surface area contributed by atoms with E-state index in [1.54, 1.807) is 18.4 Å². The molecule has 0 unspecified atom stereocenters. The molecular formula is C23H26N2OS2. The number of thiocarbonyl (C=S) groups is 1. The summed E-state index contributed by atoms with van der Waals surface area (Å²) in [7, 11) is 1.69. The van der Waals surface area contributed by atoms with Crippen molar-refractivity contribution in [1.29, 1.82) is 0 Å². The molecule has 1 atom stereocenters. The van der Waals surface area contributed by atoms with Crippen LogP contribution in [0.25, 0.3) is 0 Å². The molecule has 0 amide bonds. The molecule has 3 rings (SSSR count). The van der Waals surface area contributed by atoms with Gasteiger partial charge in [-0.15, -0.1) is 11.3 Å². The first kappa shape index (κ1) is 20.4. The van der Waals surface area contributed by atoms with Crippen LogP contribution < -0.4 is 10.1 Å². The van der Waals surface area contributed by atoms with Crippen molar-refractivity contribution in [2.75, 3.05) is 12.4 Å². The van der Waals surface area contributed by atoms with E-state index in [0.717, 1.165) is 29.5 Å². The zero-order valence-electron chi connectivity index (χ0n) is 16.5. The average Bonchev–Trinajstić information content (AvgIpc) is 3.21. The molecule has 0 aliphatic heterocycles. The number of nitrogens with one attached hydrogen (secondary N) is 1. The van der Waals surface area contributed by atoms with Gasteiger partial charge in [-0.1, -0.05) is 35.9 Å². The van der Waals surface area contributed by atoms with E-state index in [4.69, 9.17) is 17.0 Å². The van der Waals surface area contributed by atoms with Crippen LogP contribution in [0.5, 0.6) is 5.75 Å². The number of nitrogens with zero attached hydrogens (tertiary/aromatic N) is 1. The summed E-state index contributed by atoms with van der Waals surface area (Å²) >= 11 is 7.59. The minimum absolute atomic E-state index is 0.270. The SMILES string of the molecule is COc1ccc(CN(C(=S)Nc2ccc(C)cc2)[C@@H](C)Cc2cccs2)cc1. The summed E-state index contributed by atoms with van der Waals surface area (Å²) in [6.07, 6.45) is 0.962. The van der Waals surface area contributed by atoms with Crippen LogP contribution in [0.2, 0.25) is 0 Å². The summed E-state index contributed by atoms with van der Waals surface area (Å²) in [5, 5.41) is 6.27. The van der Waals surface area contributed by atoms with Crippen LogP contribution in [0.4, 0.5) is 5.69 Å². The van der Waals surface area contributed by atoms with Crippen molar-refractivity contribution in [3.05, 3.63) is 82.0 Å². The van der Waals surface area contributed by atoms with Gasteiger partial charge >= 0.3 is 0 Å². The molecular weight excluding hydrogens is 384 g/mol. The third-order valence-electron chi connectivity index (χ3n) is 4.68. The molecule has 0 bridgehead atoms. The molecule has 5 heteroatoms. The highest BCUT2D eigenvalue weighted by Crippen LogP contribution is 2.20. The number of benzene rings is 2. The van der Waals surface area contributed by atoms with Gasteiger partial charge in [0.25, 0.3) is 0 Å². The lowest BCUT2D eigenvalue weighted by Crippen LogP contribution is -2.41. The highest BCUT2D eigenvalue weighted by atomic mass is 32.1. The van der Waals surface area contributed by atoms with E-state index in [1.807, 2.05) is 12.1 Å². The molecule has 1 aromatic heterocycles. The molecule has 28 heavy (non-hydrogen) atoms. The first-order valence-electron chi connectivity index (χ1n) is 9.35. The number of ether oxygens (including phenoxy) is 1. The third-order valence-corrected chi connectivity index (χ3v) is 5.92. The predicted molar refractivity (Wildman–Crippen MR) is 123 cm³/mol. The fourth-order valence-electron chi connectivity index (χ4n) is 3.02. The van der Waals surface area contributed by atoms with Crippen LogP contribution in [0, 0.1) is 6.92 Å². The molecule has 2 aromatic carbocycles. The zero-order chi connectivity index (χ0) is 19.9. The molecule has 0 saturated carbocycles. The van der Waals surface area contributed by atoms with Gasteiger partial charge in [0.1, 0.15) is 5.75 Å². The summed E-state index contributed by atoms with van der Waals surface area (Å²) in [5.41, 5.74) is 3.45. The van der Waals surface area contributed by atoms with Gasteiger partial charge in [-0.3, -0.25) is 0 Å². The van der Waals surface area contributed by atoms with Gasteiger partial charge in [-0.05, 0) is 67.3 Å². The predicted octanol–water partition coefficient (Wildman–Crippen LogP) is 5.90. The van der Waals surface area contributed by atoms with Crippen LogP contribution in [-0.4, -0.2) is 23.2 Å². The van der Waals surface area contributed by atoms with Crippen LogP contribution in [-0.2, 0) is 13.0 Å². The summed E-state index contributed by atoms with van der Waals surface area (Å²) in [6, 6.07) is 21.0. The van der Waals surface area contributed by atoms with Gasteiger partial charge in [-0.2, -0.15) is 0 Å². The summed E-state index contributed by atoms with van der Waals surface area (Å²) in [5.74, 6) is 0.863. The Morgan fingerprint density at radius 3 is 2.43 bits per heavy atom. The molecule has 0 radical (unpaired) electrons. The second kappa shape index (κ2) is 9.71. The van der Waals surface area contributed by atoms with Crippen molar-refractivity contribution >= 4 is 34.4 Å².